The van der Waals surface area contributed by atoms with Crippen LogP contribution in [0, 0.1) is 0 Å². The van der Waals surface area contributed by atoms with Gasteiger partial charge in [0.15, 0.2) is 0 Å². The third-order valence-electron chi connectivity index (χ3n) is 1.59. The quantitative estimate of drug-likeness (QED) is 0.535. The number of hydrogen-bond donors (Lipinski definition) is 2. The average Bonchev–Trinajstić information content (AvgIpc) is 2.33. The molecule has 1 N–H and O–H groups in total. The molecule has 5 heteroatoms. The van der Waals surface area contributed by atoms with E-state index in [1.807, 2.05) is 6.92 Å². The molecule has 1 rings (SSSR count). The van der Waals surface area contributed by atoms with Crippen molar-refractivity contribution in [2.75, 3.05) is 13.2 Å². The summed E-state index contributed by atoms with van der Waals surface area (Å²) in [6.07, 6.45) is 1.06. The van der Waals surface area contributed by atoms with Gasteiger partial charge in [-0.2, -0.15) is 0 Å². The van der Waals surface area contributed by atoms with Crippen LogP contribution in [0.5, 0.6) is 0 Å². The maximum absolute atomic E-state index is 5.43. The first-order valence-electron chi connectivity index (χ1n) is 3.89. The molecule has 0 bridgehead atoms. The summed E-state index contributed by atoms with van der Waals surface area (Å²) in [5.74, 6) is 0. The van der Waals surface area contributed by atoms with Gasteiger partial charge >= 0.3 is 0 Å². The monoisotopic (exact) mass is 196 g/mol. The van der Waals surface area contributed by atoms with Crippen molar-refractivity contribution in [3.8, 4) is 0 Å². The summed E-state index contributed by atoms with van der Waals surface area (Å²) in [6.45, 7) is 5.45. The minimum absolute atomic E-state index is 0.424. The van der Waals surface area contributed by atoms with E-state index in [0.29, 0.717) is 12.6 Å². The van der Waals surface area contributed by atoms with Gasteiger partial charge in [0.2, 0.25) is 7.07 Å². The van der Waals surface area contributed by atoms with Crippen molar-refractivity contribution in [1.29, 1.82) is 0 Å². The predicted molar refractivity (Wildman–Crippen MR) is 50.7 cm³/mol. The lowest BCUT2D eigenvalue weighted by atomic mass is 10.3. The van der Waals surface area contributed by atoms with Crippen molar-refractivity contribution in [2.24, 2.45) is 0 Å². The van der Waals surface area contributed by atoms with E-state index in [1.165, 1.54) is 0 Å². The van der Waals surface area contributed by atoms with Crippen molar-refractivity contribution in [3.05, 3.63) is 0 Å². The fourth-order valence-electron chi connectivity index (χ4n) is 0.955. The Morgan fingerprint density at radius 1 is 1.73 bits per heavy atom. The molecule has 67 valence electrons. The van der Waals surface area contributed by atoms with Crippen LogP contribution in [-0.4, -0.2) is 19.3 Å². The van der Waals surface area contributed by atoms with E-state index in [-0.39, 0.29) is 0 Å². The zero-order valence-electron chi connectivity index (χ0n) is 6.91. The second-order valence-electron chi connectivity index (χ2n) is 2.47. The molecule has 0 spiro atoms. The topological polar surface area (TPSA) is 30.5 Å². The molecular weight excluding hydrogens is 181 g/mol. The second-order valence-corrected chi connectivity index (χ2v) is 5.86. The molecule has 0 aromatic rings. The summed E-state index contributed by atoms with van der Waals surface area (Å²) in [7, 11) is -1.95. The van der Waals surface area contributed by atoms with Crippen LogP contribution in [0.2, 0.25) is 0 Å². The van der Waals surface area contributed by atoms with Crippen LogP contribution in [-0.2, 0) is 9.05 Å². The molecule has 0 amide bonds. The van der Waals surface area contributed by atoms with Crippen molar-refractivity contribution in [2.45, 2.75) is 26.3 Å². The van der Waals surface area contributed by atoms with Gasteiger partial charge < -0.3 is 9.05 Å². The van der Waals surface area contributed by atoms with Crippen LogP contribution in [0.1, 0.15) is 20.3 Å². The van der Waals surface area contributed by atoms with E-state index in [9.17, 15) is 0 Å². The first kappa shape index (κ1) is 9.75. The highest BCUT2D eigenvalue weighted by Crippen LogP contribution is 2.64. The first-order chi connectivity index (χ1) is 5.20. The van der Waals surface area contributed by atoms with E-state index in [4.69, 9.17) is 9.05 Å². The van der Waals surface area contributed by atoms with E-state index in [0.717, 1.165) is 13.0 Å². The lowest BCUT2D eigenvalue weighted by Gasteiger charge is -2.23. The Labute approximate surface area is 73.6 Å². The van der Waals surface area contributed by atoms with Crippen LogP contribution in [0.15, 0.2) is 0 Å². The molecule has 0 aromatic carbocycles. The Kier molecular flexibility index (Phi) is 3.59. The summed E-state index contributed by atoms with van der Waals surface area (Å²) in [6, 6.07) is 0.424. The number of nitrogens with one attached hydrogen (secondary N) is 1. The Balaban J connectivity index is 2.37. The largest absolute Gasteiger partial charge is 0.322 e. The van der Waals surface area contributed by atoms with E-state index < -0.39 is 7.07 Å². The van der Waals surface area contributed by atoms with Gasteiger partial charge in [0.25, 0.3) is 0 Å². The highest BCUT2D eigenvalue weighted by molar-refractivity contribution is 8.48. The lowest BCUT2D eigenvalue weighted by Crippen LogP contribution is -2.21. The van der Waals surface area contributed by atoms with Crippen molar-refractivity contribution >= 4 is 19.3 Å². The third kappa shape index (κ3) is 2.56. The maximum atomic E-state index is 5.43. The molecule has 1 aliphatic heterocycles. The predicted octanol–water partition coefficient (Wildman–Crippen LogP) is 2.03. The summed E-state index contributed by atoms with van der Waals surface area (Å²) in [4.78, 5) is 0. The van der Waals surface area contributed by atoms with Crippen LogP contribution in [0.3, 0.4) is 0 Å². The Morgan fingerprint density at radius 3 is 2.91 bits per heavy atom. The van der Waals surface area contributed by atoms with E-state index >= 15 is 0 Å². The number of hydrogen-bond acceptors (Lipinski definition) is 4. The molecule has 1 heterocycles. The molecule has 1 fully saturated rings. The van der Waals surface area contributed by atoms with Gasteiger partial charge in [0.1, 0.15) is 0 Å². The number of thiol groups is 1. The molecule has 3 nitrogen and oxygen atoms in total. The van der Waals surface area contributed by atoms with E-state index in [2.05, 4.69) is 24.3 Å². The normalized spacial score (nSPS) is 37.9. The van der Waals surface area contributed by atoms with Crippen molar-refractivity contribution in [3.63, 3.8) is 0 Å². The zero-order valence-corrected chi connectivity index (χ0v) is 8.70. The maximum Gasteiger partial charge on any atom is 0.226 e. The molecule has 1 radical (unpaired) electrons. The van der Waals surface area contributed by atoms with Gasteiger partial charge in [-0.05, 0) is 13.3 Å². The van der Waals surface area contributed by atoms with Gasteiger partial charge in [-0.25, -0.2) is 5.09 Å². The molecule has 1 aliphatic rings. The molecular formula is C6H15NO2PS. The molecule has 0 saturated carbocycles. The van der Waals surface area contributed by atoms with Crippen molar-refractivity contribution < 1.29 is 9.05 Å². The highest BCUT2D eigenvalue weighted by atomic mass is 32.7. The molecule has 2 atom stereocenters. The van der Waals surface area contributed by atoms with Gasteiger partial charge in [-0.3, -0.25) is 0 Å². The SMILES string of the molecule is CCO[P]1(S)NC(CC)CO1. The van der Waals surface area contributed by atoms with Crippen LogP contribution in [0.4, 0.5) is 0 Å². The fraction of sp³-hybridized carbons (Fsp3) is 1.00. The highest BCUT2D eigenvalue weighted by Gasteiger charge is 2.34. The van der Waals surface area contributed by atoms with Crippen LogP contribution < -0.4 is 5.09 Å². The zero-order chi connectivity index (χ0) is 8.32. The second kappa shape index (κ2) is 4.06. The smallest absolute Gasteiger partial charge is 0.226 e. The molecule has 11 heavy (non-hydrogen) atoms. The van der Waals surface area contributed by atoms with Gasteiger partial charge in [0, 0.05) is 6.04 Å². The molecule has 0 aromatic heterocycles. The van der Waals surface area contributed by atoms with Gasteiger partial charge in [0.05, 0.1) is 13.2 Å². The standard InChI is InChI=1S/C6H15NO2PS/c1-3-6-5-9-10(11,7-6)8-4-2/h6-7,11H,3-5H2,1-2H3. The Bertz CT molecular complexity index is 138. The van der Waals surface area contributed by atoms with Crippen LogP contribution in [0.25, 0.3) is 0 Å². The van der Waals surface area contributed by atoms with Gasteiger partial charge in [-0.15, -0.1) is 0 Å². The summed E-state index contributed by atoms with van der Waals surface area (Å²) < 4.78 is 10.8. The van der Waals surface area contributed by atoms with E-state index in [1.54, 1.807) is 0 Å². The minimum Gasteiger partial charge on any atom is -0.322 e. The summed E-state index contributed by atoms with van der Waals surface area (Å²) in [5.41, 5.74) is 0. The van der Waals surface area contributed by atoms with Gasteiger partial charge in [-0.1, -0.05) is 19.2 Å². The first-order valence-corrected chi connectivity index (χ1v) is 6.66. The van der Waals surface area contributed by atoms with Crippen molar-refractivity contribution in [1.82, 2.24) is 5.09 Å². The Hall–Kier alpha value is 0.660. The molecule has 2 unspecified atom stereocenters. The summed E-state index contributed by atoms with van der Waals surface area (Å²) >= 11 is 4.33. The summed E-state index contributed by atoms with van der Waals surface area (Å²) in [5, 5.41) is 3.25. The minimum atomic E-state index is -1.95. The number of rotatable bonds is 3. The average molecular weight is 196 g/mol. The molecule has 1 saturated heterocycles. The molecule has 0 aliphatic carbocycles. The lowest BCUT2D eigenvalue weighted by molar-refractivity contribution is 0.275. The fourth-order valence-corrected chi connectivity index (χ4v) is 3.67. The Morgan fingerprint density at radius 2 is 2.45 bits per heavy atom. The van der Waals surface area contributed by atoms with Crippen LogP contribution >= 0.6 is 19.3 Å². The third-order valence-corrected chi connectivity index (χ3v) is 4.43.